The van der Waals surface area contributed by atoms with Gasteiger partial charge in [-0.05, 0) is 37.2 Å². The molecule has 1 aliphatic heterocycles. The van der Waals surface area contributed by atoms with E-state index in [-0.39, 0.29) is 0 Å². The van der Waals surface area contributed by atoms with Gasteiger partial charge in [0.1, 0.15) is 0 Å². The van der Waals surface area contributed by atoms with Crippen LogP contribution in [0.2, 0.25) is 0 Å². The molecular formula is C13H24S3. The van der Waals surface area contributed by atoms with Crippen molar-refractivity contribution in [1.82, 2.24) is 0 Å². The highest BCUT2D eigenvalue weighted by Crippen LogP contribution is 2.53. The smallest absolute Gasteiger partial charge is 0.0674 e. The van der Waals surface area contributed by atoms with Gasteiger partial charge in [-0.3, -0.25) is 0 Å². The van der Waals surface area contributed by atoms with Crippen LogP contribution in [0.15, 0.2) is 12.7 Å². The van der Waals surface area contributed by atoms with Crippen LogP contribution in [0.1, 0.15) is 33.1 Å². The molecule has 0 aromatic rings. The molecule has 0 aliphatic carbocycles. The highest BCUT2D eigenvalue weighted by atomic mass is 32.2. The minimum Gasteiger partial charge on any atom is -0.158 e. The van der Waals surface area contributed by atoms with Crippen LogP contribution in [0.3, 0.4) is 0 Å². The molecule has 1 rings (SSSR count). The van der Waals surface area contributed by atoms with E-state index >= 15 is 0 Å². The van der Waals surface area contributed by atoms with Crippen LogP contribution in [0.5, 0.6) is 0 Å². The minimum atomic E-state index is 0.603. The predicted molar refractivity (Wildman–Crippen MR) is 83.9 cm³/mol. The van der Waals surface area contributed by atoms with Crippen LogP contribution < -0.4 is 0 Å². The molecule has 2 unspecified atom stereocenters. The lowest BCUT2D eigenvalue weighted by molar-refractivity contribution is 0.559. The van der Waals surface area contributed by atoms with Crippen molar-refractivity contribution in [2.24, 2.45) is 5.92 Å². The van der Waals surface area contributed by atoms with Gasteiger partial charge in [0.05, 0.1) is 4.08 Å². The Kier molecular flexibility index (Phi) is 7.42. The molecule has 0 N–H and O–H groups in total. The zero-order chi connectivity index (χ0) is 11.9. The maximum absolute atomic E-state index is 3.75. The Labute approximate surface area is 114 Å². The standard InChI is InChI=1S/C13H24S3/c1-4-8-14-10-12(2)7-5-6-9-15-13(3)11-16-13/h4,12H,1,5-11H2,2-3H3. The number of hydrogen-bond donors (Lipinski definition) is 0. The van der Waals surface area contributed by atoms with E-state index in [0.29, 0.717) is 4.08 Å². The number of hydrogen-bond acceptors (Lipinski definition) is 3. The summed E-state index contributed by atoms with van der Waals surface area (Å²) in [4.78, 5) is 0. The van der Waals surface area contributed by atoms with Gasteiger partial charge in [0.2, 0.25) is 0 Å². The average Bonchev–Trinajstić information content (AvgIpc) is 2.97. The molecule has 0 aromatic heterocycles. The first-order chi connectivity index (χ1) is 7.66. The summed E-state index contributed by atoms with van der Waals surface area (Å²) in [7, 11) is 0. The fourth-order valence-corrected chi connectivity index (χ4v) is 4.45. The van der Waals surface area contributed by atoms with E-state index in [1.54, 1.807) is 0 Å². The molecule has 0 saturated carbocycles. The summed E-state index contributed by atoms with van der Waals surface area (Å²) in [5.74, 6) is 6.01. The van der Waals surface area contributed by atoms with Gasteiger partial charge in [-0.1, -0.05) is 19.4 Å². The van der Waals surface area contributed by atoms with E-state index in [1.165, 1.54) is 36.5 Å². The Morgan fingerprint density at radius 1 is 1.50 bits per heavy atom. The summed E-state index contributed by atoms with van der Waals surface area (Å²) in [6, 6.07) is 0. The summed E-state index contributed by atoms with van der Waals surface area (Å²) in [6.07, 6.45) is 6.21. The van der Waals surface area contributed by atoms with E-state index in [1.807, 2.05) is 17.8 Å². The highest BCUT2D eigenvalue weighted by Gasteiger charge is 2.38. The lowest BCUT2D eigenvalue weighted by Crippen LogP contribution is -2.00. The van der Waals surface area contributed by atoms with Gasteiger partial charge in [0.25, 0.3) is 0 Å². The minimum absolute atomic E-state index is 0.603. The van der Waals surface area contributed by atoms with E-state index < -0.39 is 0 Å². The van der Waals surface area contributed by atoms with Crippen molar-refractivity contribution >= 4 is 35.3 Å². The molecular weight excluding hydrogens is 252 g/mol. The summed E-state index contributed by atoms with van der Waals surface area (Å²) in [6.45, 7) is 8.50. The molecule has 0 nitrogen and oxygen atoms in total. The number of thioether (sulfide) groups is 3. The first-order valence-electron chi connectivity index (χ1n) is 6.13. The molecule has 0 aromatic carbocycles. The van der Waals surface area contributed by atoms with Gasteiger partial charge in [-0.25, -0.2) is 0 Å². The first-order valence-corrected chi connectivity index (χ1v) is 9.25. The second kappa shape index (κ2) is 7.99. The maximum atomic E-state index is 3.75. The summed E-state index contributed by atoms with van der Waals surface area (Å²) in [5.41, 5.74) is 0. The Hall–Kier alpha value is 0.790. The third-order valence-electron chi connectivity index (χ3n) is 2.69. The van der Waals surface area contributed by atoms with E-state index in [0.717, 1.165) is 11.7 Å². The van der Waals surface area contributed by atoms with Crippen LogP contribution in [0.4, 0.5) is 0 Å². The Morgan fingerprint density at radius 3 is 2.88 bits per heavy atom. The van der Waals surface area contributed by atoms with Crippen LogP contribution in [0, 0.1) is 5.92 Å². The SMILES string of the molecule is C=CCSCC(C)CCCCSC1(C)CS1. The Balaban J connectivity index is 1.84. The average molecular weight is 277 g/mol. The fraction of sp³-hybridized carbons (Fsp3) is 0.846. The van der Waals surface area contributed by atoms with E-state index in [9.17, 15) is 0 Å². The molecule has 0 spiro atoms. The first kappa shape index (κ1) is 14.8. The molecule has 0 amide bonds. The van der Waals surface area contributed by atoms with Crippen LogP contribution in [0.25, 0.3) is 0 Å². The van der Waals surface area contributed by atoms with Crippen molar-refractivity contribution in [2.45, 2.75) is 37.2 Å². The second-order valence-corrected chi connectivity index (χ2v) is 9.11. The van der Waals surface area contributed by atoms with Crippen molar-refractivity contribution in [3.63, 3.8) is 0 Å². The highest BCUT2D eigenvalue weighted by molar-refractivity contribution is 8.24. The largest absolute Gasteiger partial charge is 0.158 e. The number of unbranched alkanes of at least 4 members (excludes halogenated alkanes) is 1. The summed E-state index contributed by atoms with van der Waals surface area (Å²) in [5, 5.41) is 0. The van der Waals surface area contributed by atoms with Gasteiger partial charge in [-0.15, -0.1) is 30.1 Å². The van der Waals surface area contributed by atoms with Crippen LogP contribution >= 0.6 is 35.3 Å². The molecule has 94 valence electrons. The molecule has 16 heavy (non-hydrogen) atoms. The van der Waals surface area contributed by atoms with Crippen molar-refractivity contribution in [1.29, 1.82) is 0 Å². The van der Waals surface area contributed by atoms with Crippen LogP contribution in [-0.4, -0.2) is 27.1 Å². The van der Waals surface area contributed by atoms with Gasteiger partial charge >= 0.3 is 0 Å². The van der Waals surface area contributed by atoms with E-state index in [2.05, 4.69) is 44.0 Å². The van der Waals surface area contributed by atoms with Crippen molar-refractivity contribution in [2.75, 3.05) is 23.0 Å². The number of rotatable bonds is 10. The van der Waals surface area contributed by atoms with Crippen LogP contribution in [-0.2, 0) is 0 Å². The van der Waals surface area contributed by atoms with Gasteiger partial charge in [0.15, 0.2) is 0 Å². The monoisotopic (exact) mass is 276 g/mol. The molecule has 1 saturated heterocycles. The fourth-order valence-electron chi connectivity index (χ4n) is 1.50. The van der Waals surface area contributed by atoms with Gasteiger partial charge in [0, 0.05) is 11.5 Å². The zero-order valence-electron chi connectivity index (χ0n) is 10.5. The van der Waals surface area contributed by atoms with Crippen molar-refractivity contribution in [3.8, 4) is 0 Å². The third-order valence-corrected chi connectivity index (χ3v) is 7.23. The molecule has 2 atom stereocenters. The lowest BCUT2D eigenvalue weighted by atomic mass is 10.1. The quantitative estimate of drug-likeness (QED) is 0.316. The van der Waals surface area contributed by atoms with Gasteiger partial charge in [-0.2, -0.15) is 11.8 Å². The Morgan fingerprint density at radius 2 is 2.25 bits per heavy atom. The molecule has 1 aliphatic rings. The Bertz CT molecular complexity index is 199. The molecule has 1 fully saturated rings. The topological polar surface area (TPSA) is 0 Å². The normalized spacial score (nSPS) is 25.4. The van der Waals surface area contributed by atoms with Crippen molar-refractivity contribution < 1.29 is 0 Å². The molecule has 3 heteroatoms. The summed E-state index contributed by atoms with van der Waals surface area (Å²) >= 11 is 6.27. The van der Waals surface area contributed by atoms with Gasteiger partial charge < -0.3 is 0 Å². The summed E-state index contributed by atoms with van der Waals surface area (Å²) < 4.78 is 0.603. The third kappa shape index (κ3) is 7.18. The molecule has 0 bridgehead atoms. The zero-order valence-corrected chi connectivity index (χ0v) is 13.0. The van der Waals surface area contributed by atoms with E-state index in [4.69, 9.17) is 0 Å². The lowest BCUT2D eigenvalue weighted by Gasteiger charge is -2.10. The molecule has 0 radical (unpaired) electrons. The predicted octanol–water partition coefficient (Wildman–Crippen LogP) is 4.91. The maximum Gasteiger partial charge on any atom is 0.0674 e. The second-order valence-electron chi connectivity index (χ2n) is 4.70. The molecule has 1 heterocycles. The van der Waals surface area contributed by atoms with Crippen molar-refractivity contribution in [3.05, 3.63) is 12.7 Å².